The van der Waals surface area contributed by atoms with E-state index in [1.807, 2.05) is 26.2 Å². The van der Waals surface area contributed by atoms with Crippen molar-refractivity contribution in [3.8, 4) is 0 Å². The molecule has 0 aliphatic carbocycles. The molecule has 116 valence electrons. The number of hydrogen-bond donors (Lipinski definition) is 2. The maximum Gasteiger partial charge on any atom is 0.242 e. The van der Waals surface area contributed by atoms with Crippen molar-refractivity contribution in [1.82, 2.24) is 10.2 Å². The van der Waals surface area contributed by atoms with Crippen LogP contribution in [0.4, 0.5) is 5.69 Å². The summed E-state index contributed by atoms with van der Waals surface area (Å²) >= 11 is 0. The number of benzene rings is 1. The molecule has 1 saturated heterocycles. The van der Waals surface area contributed by atoms with Crippen LogP contribution in [0.3, 0.4) is 0 Å². The summed E-state index contributed by atoms with van der Waals surface area (Å²) in [6, 6.07) is 7.97. The SMILES string of the molecule is CN(C)Cc1ccc(NC(=O)C2NCCCC2(C)C)cc1. The Kier molecular flexibility index (Phi) is 5.01. The Morgan fingerprint density at radius 3 is 2.57 bits per heavy atom. The molecule has 0 saturated carbocycles. The van der Waals surface area contributed by atoms with E-state index in [1.165, 1.54) is 5.56 Å². The molecule has 1 fully saturated rings. The Morgan fingerprint density at radius 2 is 2.00 bits per heavy atom. The number of nitrogens with one attached hydrogen (secondary N) is 2. The predicted octanol–water partition coefficient (Wildman–Crippen LogP) is 2.46. The van der Waals surface area contributed by atoms with E-state index in [0.717, 1.165) is 31.6 Å². The van der Waals surface area contributed by atoms with Crippen LogP contribution in [-0.2, 0) is 11.3 Å². The summed E-state index contributed by atoms with van der Waals surface area (Å²) in [7, 11) is 4.10. The maximum absolute atomic E-state index is 12.5. The molecule has 1 atom stereocenters. The molecule has 1 aliphatic heterocycles. The first-order chi connectivity index (χ1) is 9.88. The smallest absolute Gasteiger partial charge is 0.242 e. The molecule has 4 heteroatoms. The average Bonchev–Trinajstić information content (AvgIpc) is 2.39. The third kappa shape index (κ3) is 4.29. The van der Waals surface area contributed by atoms with E-state index >= 15 is 0 Å². The zero-order valence-electron chi connectivity index (χ0n) is 13.6. The van der Waals surface area contributed by atoms with Crippen molar-refractivity contribution in [3.63, 3.8) is 0 Å². The summed E-state index contributed by atoms with van der Waals surface area (Å²) in [6.07, 6.45) is 2.22. The number of rotatable bonds is 4. The Morgan fingerprint density at radius 1 is 1.33 bits per heavy atom. The van der Waals surface area contributed by atoms with Gasteiger partial charge in [0.25, 0.3) is 0 Å². The van der Waals surface area contributed by atoms with Crippen LogP contribution < -0.4 is 10.6 Å². The number of amides is 1. The van der Waals surface area contributed by atoms with Crippen molar-refractivity contribution in [2.45, 2.75) is 39.3 Å². The van der Waals surface area contributed by atoms with E-state index in [9.17, 15) is 4.79 Å². The summed E-state index contributed by atoms with van der Waals surface area (Å²) in [5.74, 6) is 0.0695. The summed E-state index contributed by atoms with van der Waals surface area (Å²) in [5, 5.41) is 6.38. The molecule has 1 aromatic rings. The van der Waals surface area contributed by atoms with Crippen LogP contribution in [0.5, 0.6) is 0 Å². The molecule has 0 radical (unpaired) electrons. The van der Waals surface area contributed by atoms with Crippen LogP contribution in [0.15, 0.2) is 24.3 Å². The van der Waals surface area contributed by atoms with Crippen LogP contribution in [0.25, 0.3) is 0 Å². The van der Waals surface area contributed by atoms with Gasteiger partial charge >= 0.3 is 0 Å². The van der Waals surface area contributed by atoms with Gasteiger partial charge in [-0.3, -0.25) is 4.79 Å². The van der Waals surface area contributed by atoms with E-state index in [4.69, 9.17) is 0 Å². The predicted molar refractivity (Wildman–Crippen MR) is 87.3 cm³/mol. The molecule has 2 rings (SSSR count). The Hall–Kier alpha value is -1.39. The number of carbonyl (C=O) groups excluding carboxylic acids is 1. The maximum atomic E-state index is 12.5. The molecule has 4 nitrogen and oxygen atoms in total. The first-order valence-electron chi connectivity index (χ1n) is 7.66. The molecular formula is C17H27N3O. The van der Waals surface area contributed by atoms with Gasteiger partial charge in [0.15, 0.2) is 0 Å². The van der Waals surface area contributed by atoms with Gasteiger partial charge in [0, 0.05) is 12.2 Å². The number of anilines is 1. The molecule has 1 aliphatic rings. The van der Waals surface area contributed by atoms with Crippen molar-refractivity contribution >= 4 is 11.6 Å². The third-order valence-electron chi connectivity index (χ3n) is 4.11. The Balaban J connectivity index is 1.99. The second-order valence-electron chi connectivity index (χ2n) is 6.90. The standard InChI is InChI=1S/C17H27N3O/c1-17(2)10-5-11-18-15(17)16(21)19-14-8-6-13(7-9-14)12-20(3)4/h6-9,15,18H,5,10-12H2,1-4H3,(H,19,21). The van der Waals surface area contributed by atoms with Gasteiger partial charge in [-0.25, -0.2) is 0 Å². The van der Waals surface area contributed by atoms with Crippen molar-refractivity contribution in [2.24, 2.45) is 5.41 Å². The topological polar surface area (TPSA) is 44.4 Å². The highest BCUT2D eigenvalue weighted by atomic mass is 16.2. The van der Waals surface area contributed by atoms with Crippen LogP contribution in [0.2, 0.25) is 0 Å². The fraction of sp³-hybridized carbons (Fsp3) is 0.588. The Labute approximate surface area is 127 Å². The Bertz CT molecular complexity index is 479. The number of piperidine rings is 1. The van der Waals surface area contributed by atoms with Gasteiger partial charge in [0.05, 0.1) is 6.04 Å². The summed E-state index contributed by atoms with van der Waals surface area (Å²) in [6.45, 7) is 6.14. The van der Waals surface area contributed by atoms with Gasteiger partial charge in [-0.05, 0) is 56.6 Å². The molecule has 0 bridgehead atoms. The number of hydrogen-bond acceptors (Lipinski definition) is 3. The third-order valence-corrected chi connectivity index (χ3v) is 4.11. The van der Waals surface area contributed by atoms with Crippen LogP contribution in [0.1, 0.15) is 32.3 Å². The molecule has 1 heterocycles. The molecule has 1 unspecified atom stereocenters. The minimum absolute atomic E-state index is 0.00714. The van der Waals surface area contributed by atoms with Gasteiger partial charge in [0.2, 0.25) is 5.91 Å². The zero-order chi connectivity index (χ0) is 15.5. The van der Waals surface area contributed by atoms with Crippen molar-refractivity contribution in [3.05, 3.63) is 29.8 Å². The van der Waals surface area contributed by atoms with Crippen molar-refractivity contribution in [1.29, 1.82) is 0 Å². The fourth-order valence-corrected chi connectivity index (χ4v) is 2.93. The average molecular weight is 289 g/mol. The van der Waals surface area contributed by atoms with Gasteiger partial charge in [-0.2, -0.15) is 0 Å². The van der Waals surface area contributed by atoms with E-state index in [-0.39, 0.29) is 17.4 Å². The highest BCUT2D eigenvalue weighted by Crippen LogP contribution is 2.30. The molecule has 0 spiro atoms. The van der Waals surface area contributed by atoms with Crippen LogP contribution >= 0.6 is 0 Å². The van der Waals surface area contributed by atoms with Crippen molar-refractivity contribution < 1.29 is 4.79 Å². The lowest BCUT2D eigenvalue weighted by atomic mass is 9.77. The van der Waals surface area contributed by atoms with Gasteiger partial charge in [0.1, 0.15) is 0 Å². The van der Waals surface area contributed by atoms with Gasteiger partial charge < -0.3 is 15.5 Å². The lowest BCUT2D eigenvalue weighted by Crippen LogP contribution is -2.53. The van der Waals surface area contributed by atoms with Crippen LogP contribution in [-0.4, -0.2) is 37.5 Å². The summed E-state index contributed by atoms with van der Waals surface area (Å²) in [4.78, 5) is 14.6. The highest BCUT2D eigenvalue weighted by Gasteiger charge is 2.36. The second-order valence-corrected chi connectivity index (χ2v) is 6.90. The molecule has 1 aromatic carbocycles. The summed E-state index contributed by atoms with van der Waals surface area (Å²) in [5.41, 5.74) is 2.12. The van der Waals surface area contributed by atoms with Crippen molar-refractivity contribution in [2.75, 3.05) is 26.0 Å². The fourth-order valence-electron chi connectivity index (χ4n) is 2.93. The van der Waals surface area contributed by atoms with Gasteiger partial charge in [-0.1, -0.05) is 26.0 Å². The summed E-state index contributed by atoms with van der Waals surface area (Å²) < 4.78 is 0. The van der Waals surface area contributed by atoms with E-state index in [0.29, 0.717) is 0 Å². The number of carbonyl (C=O) groups is 1. The lowest BCUT2D eigenvalue weighted by Gasteiger charge is -2.38. The first-order valence-corrected chi connectivity index (χ1v) is 7.66. The van der Waals surface area contributed by atoms with E-state index < -0.39 is 0 Å². The minimum atomic E-state index is -0.118. The number of nitrogens with zero attached hydrogens (tertiary/aromatic N) is 1. The molecule has 0 aromatic heterocycles. The second kappa shape index (κ2) is 6.58. The molecule has 1 amide bonds. The first kappa shape index (κ1) is 16.0. The molecule has 2 N–H and O–H groups in total. The monoisotopic (exact) mass is 289 g/mol. The van der Waals surface area contributed by atoms with E-state index in [2.05, 4.69) is 41.5 Å². The highest BCUT2D eigenvalue weighted by molar-refractivity contribution is 5.95. The minimum Gasteiger partial charge on any atom is -0.325 e. The van der Waals surface area contributed by atoms with Gasteiger partial charge in [-0.15, -0.1) is 0 Å². The van der Waals surface area contributed by atoms with E-state index in [1.54, 1.807) is 0 Å². The van der Waals surface area contributed by atoms with Crippen LogP contribution in [0, 0.1) is 5.41 Å². The normalized spacial score (nSPS) is 21.3. The largest absolute Gasteiger partial charge is 0.325 e. The quantitative estimate of drug-likeness (QED) is 0.895. The molecule has 21 heavy (non-hydrogen) atoms. The molecular weight excluding hydrogens is 262 g/mol. The zero-order valence-corrected chi connectivity index (χ0v) is 13.6. The lowest BCUT2D eigenvalue weighted by molar-refractivity contribution is -0.121.